The van der Waals surface area contributed by atoms with Gasteiger partial charge in [0.25, 0.3) is 0 Å². The quantitative estimate of drug-likeness (QED) is 0.343. The van der Waals surface area contributed by atoms with Gasteiger partial charge in [0.2, 0.25) is 17.1 Å². The number of benzene rings is 1. The van der Waals surface area contributed by atoms with Crippen LogP contribution in [0, 0.1) is 20.8 Å². The summed E-state index contributed by atoms with van der Waals surface area (Å²) in [4.78, 5) is 24.3. The van der Waals surface area contributed by atoms with Gasteiger partial charge in [0.05, 0.1) is 6.26 Å². The zero-order valence-electron chi connectivity index (χ0n) is 13.7. The Morgan fingerprint density at radius 2 is 1.73 bits per heavy atom. The number of Topliss-reactive ketones (excluding diaryl/α,β-unsaturated/α-hetero) is 1. The summed E-state index contributed by atoms with van der Waals surface area (Å²) in [7, 11) is -2.09. The second kappa shape index (κ2) is 6.97. The Kier molecular flexibility index (Phi) is 5.78. The zero-order valence-corrected chi connectivity index (χ0v) is 14.6. The molecule has 0 fully saturated rings. The molecule has 0 aliphatic heterocycles. The van der Waals surface area contributed by atoms with Gasteiger partial charge >= 0.3 is 13.8 Å². The fourth-order valence-electron chi connectivity index (χ4n) is 2.40. The highest BCUT2D eigenvalue weighted by Gasteiger charge is 2.49. The molecular formula is C17H22O4P+. The Hall–Kier alpha value is -1.80. The van der Waals surface area contributed by atoms with E-state index in [4.69, 9.17) is 0 Å². The Morgan fingerprint density at radius 1 is 1.23 bits per heavy atom. The normalized spacial score (nSPS) is 11.8. The smallest absolute Gasteiger partial charge is 0.364 e. The van der Waals surface area contributed by atoms with Gasteiger partial charge in [-0.05, 0) is 45.7 Å². The minimum absolute atomic E-state index is 0.213. The second-order valence-corrected chi connectivity index (χ2v) is 8.05. The summed E-state index contributed by atoms with van der Waals surface area (Å²) in [6.07, 6.45) is 0.693. The highest BCUT2D eigenvalue weighted by Crippen LogP contribution is 2.42. The van der Waals surface area contributed by atoms with Crippen LogP contribution in [0.15, 0.2) is 25.0 Å². The van der Waals surface area contributed by atoms with Crippen LogP contribution in [0.3, 0.4) is 0 Å². The first kappa shape index (κ1) is 18.2. The fraction of sp³-hybridized carbons (Fsp3) is 0.412. The second-order valence-electron chi connectivity index (χ2n) is 5.85. The first-order chi connectivity index (χ1) is 10.1. The van der Waals surface area contributed by atoms with E-state index in [1.165, 1.54) is 0 Å². The minimum Gasteiger partial charge on any atom is -0.432 e. The molecule has 1 aromatic rings. The van der Waals surface area contributed by atoms with Gasteiger partial charge in [0, 0.05) is 5.56 Å². The van der Waals surface area contributed by atoms with Crippen LogP contribution in [0.2, 0.25) is 0 Å². The van der Waals surface area contributed by atoms with Crippen LogP contribution < -0.4 is 0 Å². The maximum atomic E-state index is 12.8. The Balaban J connectivity index is 3.12. The van der Waals surface area contributed by atoms with Gasteiger partial charge < -0.3 is 4.74 Å². The molecule has 0 radical (unpaired) electrons. The average molecular weight is 321 g/mol. The van der Waals surface area contributed by atoms with E-state index in [1.807, 2.05) is 32.9 Å². The highest BCUT2D eigenvalue weighted by molar-refractivity contribution is 7.49. The predicted octanol–water partition coefficient (Wildman–Crippen LogP) is 4.09. The van der Waals surface area contributed by atoms with Crippen LogP contribution in [0.4, 0.5) is 0 Å². The summed E-state index contributed by atoms with van der Waals surface area (Å²) in [5.41, 5.74) is 3.36. The van der Waals surface area contributed by atoms with E-state index in [0.717, 1.165) is 23.0 Å². The SMILES string of the molecule is C=COC(=O)C[P+](=O)C(C)(C)C(=O)c1c(C)cc(C)cc1C. The summed E-state index contributed by atoms with van der Waals surface area (Å²) >= 11 is 0. The number of aryl methyl sites for hydroxylation is 3. The van der Waals surface area contributed by atoms with Crippen molar-refractivity contribution in [3.05, 3.63) is 47.2 Å². The third-order valence-corrected chi connectivity index (χ3v) is 5.57. The molecule has 0 saturated heterocycles. The van der Waals surface area contributed by atoms with Crippen molar-refractivity contribution >= 4 is 19.6 Å². The number of carbonyl (C=O) groups is 2. The number of hydrogen-bond acceptors (Lipinski definition) is 4. The summed E-state index contributed by atoms with van der Waals surface area (Å²) in [6, 6.07) is 3.85. The van der Waals surface area contributed by atoms with Gasteiger partial charge in [-0.2, -0.15) is 0 Å². The van der Waals surface area contributed by atoms with Gasteiger partial charge in [0.1, 0.15) is 0 Å². The van der Waals surface area contributed by atoms with E-state index in [0.29, 0.717) is 5.56 Å². The molecule has 0 saturated carbocycles. The van der Waals surface area contributed by atoms with Gasteiger partial charge in [-0.15, -0.1) is 0 Å². The minimum atomic E-state index is -2.09. The number of rotatable bonds is 6. The molecule has 0 N–H and O–H groups in total. The van der Waals surface area contributed by atoms with E-state index < -0.39 is 18.9 Å². The maximum absolute atomic E-state index is 12.8. The molecule has 0 aromatic heterocycles. The molecule has 1 aromatic carbocycles. The largest absolute Gasteiger partial charge is 0.432 e. The number of ether oxygens (including phenoxy) is 1. The van der Waals surface area contributed by atoms with Crippen LogP contribution in [-0.2, 0) is 14.1 Å². The maximum Gasteiger partial charge on any atom is 0.364 e. The molecular weight excluding hydrogens is 299 g/mol. The molecule has 0 spiro atoms. The van der Waals surface area contributed by atoms with Crippen molar-refractivity contribution in [2.24, 2.45) is 0 Å². The first-order valence-electron chi connectivity index (χ1n) is 6.99. The number of carbonyl (C=O) groups excluding carboxylic acids is 2. The lowest BCUT2D eigenvalue weighted by atomic mass is 9.91. The van der Waals surface area contributed by atoms with Crippen LogP contribution in [0.1, 0.15) is 40.9 Å². The predicted molar refractivity (Wildman–Crippen MR) is 87.8 cm³/mol. The van der Waals surface area contributed by atoms with Crippen molar-refractivity contribution in [3.8, 4) is 0 Å². The van der Waals surface area contributed by atoms with Crippen LogP contribution >= 0.6 is 7.80 Å². The van der Waals surface area contributed by atoms with Gasteiger partial charge in [-0.3, -0.25) is 4.79 Å². The topological polar surface area (TPSA) is 60.4 Å². The Bertz CT molecular complexity index is 621. The zero-order chi connectivity index (χ0) is 17.1. The first-order valence-corrected chi connectivity index (χ1v) is 8.43. The monoisotopic (exact) mass is 321 g/mol. The Labute approximate surface area is 132 Å². The van der Waals surface area contributed by atoms with Crippen molar-refractivity contribution in [2.75, 3.05) is 6.16 Å². The summed E-state index contributed by atoms with van der Waals surface area (Å²) in [5.74, 6) is -0.857. The molecule has 0 bridgehead atoms. The number of hydrogen-bond donors (Lipinski definition) is 0. The van der Waals surface area contributed by atoms with Crippen molar-refractivity contribution in [3.63, 3.8) is 0 Å². The molecule has 0 aliphatic rings. The third-order valence-electron chi connectivity index (χ3n) is 3.57. The van der Waals surface area contributed by atoms with E-state index in [1.54, 1.807) is 13.8 Å². The van der Waals surface area contributed by atoms with Crippen molar-refractivity contribution in [2.45, 2.75) is 39.8 Å². The summed E-state index contributed by atoms with van der Waals surface area (Å²) in [5, 5.41) is -1.14. The van der Waals surface area contributed by atoms with Crippen molar-refractivity contribution < 1.29 is 18.9 Å². The third kappa shape index (κ3) is 3.89. The molecule has 22 heavy (non-hydrogen) atoms. The molecule has 0 heterocycles. The van der Waals surface area contributed by atoms with E-state index in [2.05, 4.69) is 11.3 Å². The lowest BCUT2D eigenvalue weighted by Crippen LogP contribution is -2.31. The number of esters is 1. The van der Waals surface area contributed by atoms with E-state index in [9.17, 15) is 14.2 Å². The molecule has 1 rings (SSSR count). The highest BCUT2D eigenvalue weighted by atomic mass is 31.1. The van der Waals surface area contributed by atoms with Crippen LogP contribution in [-0.4, -0.2) is 23.1 Å². The van der Waals surface area contributed by atoms with Gasteiger partial charge in [0.15, 0.2) is 0 Å². The Morgan fingerprint density at radius 3 is 2.18 bits per heavy atom. The van der Waals surface area contributed by atoms with Gasteiger partial charge in [-0.1, -0.05) is 28.8 Å². The fourth-order valence-corrected chi connectivity index (χ4v) is 3.45. The molecule has 118 valence electrons. The lowest BCUT2D eigenvalue weighted by molar-refractivity contribution is -0.135. The molecule has 0 amide bonds. The molecule has 4 nitrogen and oxygen atoms in total. The molecule has 1 atom stereocenters. The van der Waals surface area contributed by atoms with E-state index in [-0.39, 0.29) is 11.9 Å². The average Bonchev–Trinajstić information content (AvgIpc) is 2.37. The summed E-state index contributed by atoms with van der Waals surface area (Å²) < 4.78 is 17.0. The molecule has 0 aliphatic carbocycles. The number of ketones is 1. The molecule has 1 unspecified atom stereocenters. The van der Waals surface area contributed by atoms with Crippen LogP contribution in [0.25, 0.3) is 0 Å². The summed E-state index contributed by atoms with van der Waals surface area (Å²) in [6.45, 7) is 12.2. The van der Waals surface area contributed by atoms with E-state index >= 15 is 0 Å². The lowest BCUT2D eigenvalue weighted by Gasteiger charge is -2.16. The van der Waals surface area contributed by atoms with Gasteiger partial charge in [-0.25, -0.2) is 4.79 Å². The van der Waals surface area contributed by atoms with Crippen LogP contribution in [0.5, 0.6) is 0 Å². The standard InChI is InChI=1S/C17H22O4P/c1-7-21-14(18)10-22(20)17(5,6)16(19)15-12(3)8-11(2)9-13(15)4/h7-9H,1,10H2,2-6H3/q+1. The van der Waals surface area contributed by atoms with Crippen molar-refractivity contribution in [1.29, 1.82) is 0 Å². The van der Waals surface area contributed by atoms with Crippen molar-refractivity contribution in [1.82, 2.24) is 0 Å². The molecule has 5 heteroatoms.